The zero-order valence-electron chi connectivity index (χ0n) is 8.49. The van der Waals surface area contributed by atoms with Gasteiger partial charge in [0, 0.05) is 25.7 Å². The molecule has 1 amide bonds. The Kier molecular flexibility index (Phi) is 3.27. The molecule has 0 saturated carbocycles. The van der Waals surface area contributed by atoms with Crippen molar-refractivity contribution in [2.24, 2.45) is 5.73 Å². The van der Waals surface area contributed by atoms with Crippen LogP contribution in [0.3, 0.4) is 0 Å². The largest absolute Gasteiger partial charge is 0.372 e. The Bertz CT molecular complexity index is 196. The zero-order valence-corrected chi connectivity index (χ0v) is 8.49. The molecule has 0 spiro atoms. The molecule has 1 aliphatic heterocycles. The minimum Gasteiger partial charge on any atom is -0.372 e. The molecule has 1 aliphatic rings. The number of amides is 1. The van der Waals surface area contributed by atoms with Gasteiger partial charge in [-0.1, -0.05) is 0 Å². The van der Waals surface area contributed by atoms with Crippen molar-refractivity contribution < 1.29 is 9.53 Å². The van der Waals surface area contributed by atoms with E-state index in [0.29, 0.717) is 6.54 Å². The van der Waals surface area contributed by atoms with E-state index in [1.807, 2.05) is 6.92 Å². The topological polar surface area (TPSA) is 55.6 Å². The molecular formula is C9H18N2O2. The van der Waals surface area contributed by atoms with Gasteiger partial charge in [0.25, 0.3) is 5.91 Å². The second-order valence-corrected chi connectivity index (χ2v) is 3.71. The third-order valence-electron chi connectivity index (χ3n) is 2.59. The van der Waals surface area contributed by atoms with Gasteiger partial charge in [-0.25, -0.2) is 0 Å². The quantitative estimate of drug-likeness (QED) is 0.659. The van der Waals surface area contributed by atoms with Gasteiger partial charge < -0.3 is 15.4 Å². The van der Waals surface area contributed by atoms with Crippen molar-refractivity contribution in [1.82, 2.24) is 4.90 Å². The fourth-order valence-corrected chi connectivity index (χ4v) is 1.71. The smallest absolute Gasteiger partial charge is 0.251 e. The molecule has 0 aliphatic carbocycles. The number of ether oxygens (including phenoxy) is 1. The lowest BCUT2D eigenvalue weighted by molar-refractivity contribution is -0.141. The van der Waals surface area contributed by atoms with Gasteiger partial charge in [0.1, 0.15) is 6.10 Å². The van der Waals surface area contributed by atoms with E-state index >= 15 is 0 Å². The van der Waals surface area contributed by atoms with Crippen molar-refractivity contribution in [2.75, 3.05) is 13.7 Å². The second-order valence-electron chi connectivity index (χ2n) is 3.71. The maximum absolute atomic E-state index is 11.7. The van der Waals surface area contributed by atoms with Gasteiger partial charge in [-0.05, 0) is 20.3 Å². The summed E-state index contributed by atoms with van der Waals surface area (Å²) in [5.41, 5.74) is 5.76. The van der Waals surface area contributed by atoms with Gasteiger partial charge in [0.2, 0.25) is 0 Å². The first kappa shape index (κ1) is 10.5. The summed E-state index contributed by atoms with van der Waals surface area (Å²) < 4.78 is 4.98. The van der Waals surface area contributed by atoms with Crippen molar-refractivity contribution in [3.63, 3.8) is 0 Å². The molecule has 0 aromatic carbocycles. The van der Waals surface area contributed by atoms with Crippen molar-refractivity contribution in [2.45, 2.75) is 38.5 Å². The molecule has 0 radical (unpaired) electrons. The van der Waals surface area contributed by atoms with Crippen molar-refractivity contribution in [3.8, 4) is 0 Å². The number of hydrogen-bond donors (Lipinski definition) is 1. The zero-order chi connectivity index (χ0) is 10.0. The van der Waals surface area contributed by atoms with Crippen molar-refractivity contribution in [3.05, 3.63) is 0 Å². The average molecular weight is 186 g/mol. The first-order chi connectivity index (χ1) is 6.06. The third kappa shape index (κ3) is 2.19. The van der Waals surface area contributed by atoms with Crippen LogP contribution in [0.25, 0.3) is 0 Å². The summed E-state index contributed by atoms with van der Waals surface area (Å²) in [5.74, 6) is 0.0444. The fourth-order valence-electron chi connectivity index (χ4n) is 1.71. The highest BCUT2D eigenvalue weighted by Crippen LogP contribution is 2.17. The number of methoxy groups -OCH3 is 1. The summed E-state index contributed by atoms with van der Waals surface area (Å²) in [4.78, 5) is 13.5. The molecule has 3 atom stereocenters. The predicted molar refractivity (Wildman–Crippen MR) is 50.2 cm³/mol. The number of carbonyl (C=O) groups excluding carboxylic acids is 1. The Morgan fingerprint density at radius 2 is 2.31 bits per heavy atom. The summed E-state index contributed by atoms with van der Waals surface area (Å²) in [6.45, 7) is 4.44. The van der Waals surface area contributed by atoms with Crippen LogP contribution in [0.1, 0.15) is 20.3 Å². The van der Waals surface area contributed by atoms with Crippen LogP contribution >= 0.6 is 0 Å². The van der Waals surface area contributed by atoms with Crippen LogP contribution in [-0.2, 0) is 9.53 Å². The summed E-state index contributed by atoms with van der Waals surface area (Å²) in [7, 11) is 1.54. The molecule has 1 saturated heterocycles. The van der Waals surface area contributed by atoms with Crippen LogP contribution in [-0.4, -0.2) is 42.6 Å². The Morgan fingerprint density at radius 1 is 1.69 bits per heavy atom. The van der Waals surface area contributed by atoms with Gasteiger partial charge in [-0.3, -0.25) is 4.79 Å². The third-order valence-corrected chi connectivity index (χ3v) is 2.59. The Hall–Kier alpha value is -0.610. The van der Waals surface area contributed by atoms with E-state index in [-0.39, 0.29) is 24.1 Å². The lowest BCUT2D eigenvalue weighted by Gasteiger charge is -2.24. The van der Waals surface area contributed by atoms with Crippen molar-refractivity contribution >= 4 is 5.91 Å². The average Bonchev–Trinajstić information content (AvgIpc) is 2.42. The number of carbonyl (C=O) groups is 1. The predicted octanol–water partition coefficient (Wildman–Crippen LogP) is -0.0306. The molecule has 3 unspecified atom stereocenters. The van der Waals surface area contributed by atoms with E-state index < -0.39 is 0 Å². The van der Waals surface area contributed by atoms with Crippen LogP contribution in [0.15, 0.2) is 0 Å². The highest BCUT2D eigenvalue weighted by molar-refractivity contribution is 5.81. The molecule has 2 N–H and O–H groups in total. The molecule has 1 heterocycles. The van der Waals surface area contributed by atoms with E-state index in [1.165, 1.54) is 0 Å². The molecule has 0 bridgehead atoms. The summed E-state index contributed by atoms with van der Waals surface area (Å²) in [5, 5.41) is 0. The normalized spacial score (nSPS) is 30.6. The van der Waals surface area contributed by atoms with Gasteiger partial charge in [0.15, 0.2) is 0 Å². The van der Waals surface area contributed by atoms with E-state index in [9.17, 15) is 4.79 Å². The van der Waals surface area contributed by atoms with Crippen LogP contribution < -0.4 is 5.73 Å². The molecule has 1 fully saturated rings. The standard InChI is InChI=1S/C9H18N2O2/c1-6-4-8(10)5-11(6)9(12)7(2)13-3/h6-8H,4-5,10H2,1-3H3. The number of likely N-dealkylation sites (tertiary alicyclic amines) is 1. The Balaban J connectivity index is 2.57. The first-order valence-corrected chi connectivity index (χ1v) is 4.65. The van der Waals surface area contributed by atoms with Crippen LogP contribution in [0.4, 0.5) is 0 Å². The fraction of sp³-hybridized carbons (Fsp3) is 0.889. The van der Waals surface area contributed by atoms with Gasteiger partial charge in [0.05, 0.1) is 0 Å². The molecule has 76 valence electrons. The minimum atomic E-state index is -0.354. The number of hydrogen-bond acceptors (Lipinski definition) is 3. The van der Waals surface area contributed by atoms with Crippen molar-refractivity contribution in [1.29, 1.82) is 0 Å². The number of nitrogens with two attached hydrogens (primary N) is 1. The van der Waals surface area contributed by atoms with Gasteiger partial charge >= 0.3 is 0 Å². The maximum Gasteiger partial charge on any atom is 0.251 e. The molecule has 13 heavy (non-hydrogen) atoms. The maximum atomic E-state index is 11.7. The van der Waals surface area contributed by atoms with E-state index in [2.05, 4.69) is 0 Å². The van der Waals surface area contributed by atoms with Gasteiger partial charge in [-0.2, -0.15) is 0 Å². The van der Waals surface area contributed by atoms with Crippen LogP contribution in [0.2, 0.25) is 0 Å². The van der Waals surface area contributed by atoms with E-state index in [0.717, 1.165) is 6.42 Å². The molecule has 4 heteroatoms. The first-order valence-electron chi connectivity index (χ1n) is 4.65. The number of nitrogens with zero attached hydrogens (tertiary/aromatic N) is 1. The molecule has 0 aromatic heterocycles. The highest BCUT2D eigenvalue weighted by Gasteiger charge is 2.32. The van der Waals surface area contributed by atoms with E-state index in [4.69, 9.17) is 10.5 Å². The Morgan fingerprint density at radius 3 is 2.69 bits per heavy atom. The minimum absolute atomic E-state index is 0.0444. The lowest BCUT2D eigenvalue weighted by Crippen LogP contribution is -2.41. The monoisotopic (exact) mass is 186 g/mol. The van der Waals surface area contributed by atoms with E-state index in [1.54, 1.807) is 18.9 Å². The van der Waals surface area contributed by atoms with Crippen LogP contribution in [0, 0.1) is 0 Å². The number of rotatable bonds is 2. The molecular weight excluding hydrogens is 168 g/mol. The molecule has 0 aromatic rings. The lowest BCUT2D eigenvalue weighted by atomic mass is 10.2. The molecule has 1 rings (SSSR count). The summed E-state index contributed by atoms with van der Waals surface area (Å²) in [6, 6.07) is 0.378. The van der Waals surface area contributed by atoms with Gasteiger partial charge in [-0.15, -0.1) is 0 Å². The summed E-state index contributed by atoms with van der Waals surface area (Å²) in [6.07, 6.45) is 0.537. The summed E-state index contributed by atoms with van der Waals surface area (Å²) >= 11 is 0. The van der Waals surface area contributed by atoms with Crippen LogP contribution in [0.5, 0.6) is 0 Å². The second kappa shape index (κ2) is 4.07. The Labute approximate surface area is 79.0 Å². The molecule has 4 nitrogen and oxygen atoms in total. The SMILES string of the molecule is COC(C)C(=O)N1CC(N)CC1C. The highest BCUT2D eigenvalue weighted by atomic mass is 16.5.